The lowest BCUT2D eigenvalue weighted by molar-refractivity contribution is -0.389. The van der Waals surface area contributed by atoms with E-state index >= 15 is 0 Å². The summed E-state index contributed by atoms with van der Waals surface area (Å²) in [6.07, 6.45) is 1.57. The molecule has 1 aromatic heterocycles. The van der Waals surface area contributed by atoms with Gasteiger partial charge in [0.15, 0.2) is 0 Å². The maximum atomic E-state index is 12.0. The Kier molecular flexibility index (Phi) is 4.17. The summed E-state index contributed by atoms with van der Waals surface area (Å²) in [6, 6.07) is -1.02. The fourth-order valence-electron chi connectivity index (χ4n) is 2.26. The van der Waals surface area contributed by atoms with Crippen LogP contribution in [0, 0.1) is 10.1 Å². The fraction of sp³-hybridized carbons (Fsp3) is 0.545. The van der Waals surface area contributed by atoms with Crippen LogP contribution >= 0.6 is 0 Å². The van der Waals surface area contributed by atoms with Gasteiger partial charge in [-0.25, -0.2) is 4.79 Å². The summed E-state index contributed by atoms with van der Waals surface area (Å²) in [5, 5.41) is 29.0. The van der Waals surface area contributed by atoms with Crippen molar-refractivity contribution < 1.29 is 24.7 Å². The maximum absolute atomic E-state index is 12.0. The number of β-amino-alcohol motifs (C(OH)–C–C–N with tert-alkyl or cyclic N) is 1. The third kappa shape index (κ3) is 3.34. The molecule has 114 valence electrons. The van der Waals surface area contributed by atoms with Crippen LogP contribution in [0.3, 0.4) is 0 Å². The third-order valence-corrected chi connectivity index (χ3v) is 3.27. The minimum atomic E-state index is -1.15. The Bertz CT molecular complexity index is 571. The number of imidazole rings is 1. The number of aliphatic hydroxyl groups excluding tert-OH is 1. The maximum Gasteiger partial charge on any atom is 0.381 e. The van der Waals surface area contributed by atoms with Crippen LogP contribution in [0.15, 0.2) is 12.5 Å². The van der Waals surface area contributed by atoms with Crippen molar-refractivity contribution in [2.45, 2.75) is 31.5 Å². The van der Waals surface area contributed by atoms with Crippen molar-refractivity contribution in [3.8, 4) is 0 Å². The molecule has 1 fully saturated rings. The van der Waals surface area contributed by atoms with Crippen molar-refractivity contribution in [3.05, 3.63) is 22.6 Å². The molecule has 0 aliphatic carbocycles. The standard InChI is InChI=1S/C11H14N4O6/c16-7-3-8(11(18)19)14(4-7)10(17)1-2-13-5-9(12-6-13)15(20)21/h5-8,16H,1-4H2,(H,18,19)/t7-,8-/m0/s1. The van der Waals surface area contributed by atoms with Gasteiger partial charge >= 0.3 is 11.8 Å². The molecule has 0 saturated carbocycles. The quantitative estimate of drug-likeness (QED) is 0.537. The lowest BCUT2D eigenvalue weighted by Crippen LogP contribution is -2.40. The van der Waals surface area contributed by atoms with Crippen LogP contribution in [0.25, 0.3) is 0 Å². The molecule has 10 nitrogen and oxygen atoms in total. The van der Waals surface area contributed by atoms with Crippen molar-refractivity contribution in [1.29, 1.82) is 0 Å². The number of hydrogen-bond acceptors (Lipinski definition) is 6. The van der Waals surface area contributed by atoms with Gasteiger partial charge in [-0.05, 0) is 9.91 Å². The lowest BCUT2D eigenvalue weighted by Gasteiger charge is -2.21. The number of aliphatic hydroxyl groups is 1. The van der Waals surface area contributed by atoms with E-state index in [4.69, 9.17) is 5.11 Å². The number of nitrogens with zero attached hydrogens (tertiary/aromatic N) is 4. The van der Waals surface area contributed by atoms with Crippen LogP contribution in [-0.4, -0.2) is 60.2 Å². The number of aryl methyl sites for hydroxylation is 1. The molecule has 10 heteroatoms. The highest BCUT2D eigenvalue weighted by Gasteiger charge is 2.38. The molecule has 1 aromatic rings. The summed E-state index contributed by atoms with van der Waals surface area (Å²) < 4.78 is 1.39. The van der Waals surface area contributed by atoms with E-state index in [0.717, 1.165) is 4.90 Å². The predicted octanol–water partition coefficient (Wildman–Crippen LogP) is -0.772. The zero-order valence-corrected chi connectivity index (χ0v) is 11.0. The first-order valence-corrected chi connectivity index (χ1v) is 6.25. The summed E-state index contributed by atoms with van der Waals surface area (Å²) in [5.74, 6) is -1.89. The number of rotatable bonds is 5. The van der Waals surface area contributed by atoms with Gasteiger partial charge in [0.1, 0.15) is 12.2 Å². The van der Waals surface area contributed by atoms with E-state index in [-0.39, 0.29) is 31.7 Å². The Morgan fingerprint density at radius 1 is 1.52 bits per heavy atom. The van der Waals surface area contributed by atoms with Gasteiger partial charge < -0.3 is 29.8 Å². The Morgan fingerprint density at radius 2 is 2.24 bits per heavy atom. The molecule has 0 bridgehead atoms. The molecule has 1 amide bonds. The first-order chi connectivity index (χ1) is 9.88. The number of amides is 1. The van der Waals surface area contributed by atoms with Crippen LogP contribution in [0.2, 0.25) is 0 Å². The Morgan fingerprint density at radius 3 is 2.81 bits per heavy atom. The fourth-order valence-corrected chi connectivity index (χ4v) is 2.26. The predicted molar refractivity (Wildman–Crippen MR) is 67.3 cm³/mol. The number of aromatic nitrogens is 2. The summed E-state index contributed by atoms with van der Waals surface area (Å²) in [5.41, 5.74) is 0. The molecule has 21 heavy (non-hydrogen) atoms. The number of likely N-dealkylation sites (tertiary alicyclic amines) is 1. The van der Waals surface area contributed by atoms with Crippen molar-refractivity contribution >= 4 is 17.7 Å². The molecule has 0 spiro atoms. The van der Waals surface area contributed by atoms with E-state index in [9.17, 15) is 24.8 Å². The van der Waals surface area contributed by atoms with Crippen molar-refractivity contribution in [3.63, 3.8) is 0 Å². The summed E-state index contributed by atoms with van der Waals surface area (Å²) >= 11 is 0. The van der Waals surface area contributed by atoms with Crippen LogP contribution in [0.1, 0.15) is 12.8 Å². The second-order valence-corrected chi connectivity index (χ2v) is 4.77. The van der Waals surface area contributed by atoms with Gasteiger partial charge in [-0.2, -0.15) is 0 Å². The molecular formula is C11H14N4O6. The van der Waals surface area contributed by atoms with Gasteiger partial charge in [0.2, 0.25) is 12.2 Å². The second kappa shape index (κ2) is 5.87. The number of carboxylic acid groups (broad SMARTS) is 1. The van der Waals surface area contributed by atoms with Gasteiger partial charge in [0.05, 0.1) is 6.10 Å². The van der Waals surface area contributed by atoms with E-state index in [1.807, 2.05) is 0 Å². The zero-order chi connectivity index (χ0) is 15.6. The van der Waals surface area contributed by atoms with E-state index in [1.54, 1.807) is 0 Å². The largest absolute Gasteiger partial charge is 0.480 e. The van der Waals surface area contributed by atoms with Crippen LogP contribution in [0.5, 0.6) is 0 Å². The van der Waals surface area contributed by atoms with E-state index in [1.165, 1.54) is 17.1 Å². The van der Waals surface area contributed by atoms with Crippen molar-refractivity contribution in [1.82, 2.24) is 14.5 Å². The molecule has 2 rings (SSSR count). The first-order valence-electron chi connectivity index (χ1n) is 6.25. The normalized spacial score (nSPS) is 21.5. The van der Waals surface area contributed by atoms with Crippen LogP contribution in [0.4, 0.5) is 5.82 Å². The van der Waals surface area contributed by atoms with E-state index in [0.29, 0.717) is 0 Å². The molecule has 1 aliphatic heterocycles. The van der Waals surface area contributed by atoms with Crippen molar-refractivity contribution in [2.75, 3.05) is 6.54 Å². The minimum absolute atomic E-state index is 0.0115. The molecule has 2 N–H and O–H groups in total. The van der Waals surface area contributed by atoms with Gasteiger partial charge in [0, 0.05) is 25.9 Å². The van der Waals surface area contributed by atoms with Gasteiger partial charge in [0.25, 0.3) is 0 Å². The highest BCUT2D eigenvalue weighted by Crippen LogP contribution is 2.19. The number of carbonyl (C=O) groups is 2. The minimum Gasteiger partial charge on any atom is -0.480 e. The lowest BCUT2D eigenvalue weighted by atomic mass is 10.2. The number of nitro groups is 1. The molecule has 0 aromatic carbocycles. The number of carboxylic acids is 1. The molecule has 1 aliphatic rings. The Labute approximate surface area is 118 Å². The second-order valence-electron chi connectivity index (χ2n) is 4.77. The van der Waals surface area contributed by atoms with E-state index < -0.39 is 28.9 Å². The zero-order valence-electron chi connectivity index (χ0n) is 11.0. The molecular weight excluding hydrogens is 284 g/mol. The monoisotopic (exact) mass is 298 g/mol. The Hall–Kier alpha value is -2.49. The molecule has 2 heterocycles. The number of aliphatic carboxylic acids is 1. The van der Waals surface area contributed by atoms with Crippen LogP contribution in [-0.2, 0) is 16.1 Å². The summed E-state index contributed by atoms with van der Waals surface area (Å²) in [7, 11) is 0. The van der Waals surface area contributed by atoms with Gasteiger partial charge in [-0.3, -0.25) is 4.79 Å². The average molecular weight is 298 g/mol. The Balaban J connectivity index is 1.94. The smallest absolute Gasteiger partial charge is 0.381 e. The topological polar surface area (TPSA) is 139 Å². The number of hydrogen-bond donors (Lipinski definition) is 2. The molecule has 2 atom stereocenters. The van der Waals surface area contributed by atoms with Gasteiger partial charge in [-0.1, -0.05) is 0 Å². The highest BCUT2D eigenvalue weighted by atomic mass is 16.6. The van der Waals surface area contributed by atoms with Crippen LogP contribution < -0.4 is 0 Å². The third-order valence-electron chi connectivity index (χ3n) is 3.27. The van der Waals surface area contributed by atoms with Gasteiger partial charge in [-0.15, -0.1) is 0 Å². The molecule has 1 saturated heterocycles. The summed E-state index contributed by atoms with van der Waals surface area (Å²) in [6.45, 7) is 0.137. The highest BCUT2D eigenvalue weighted by molar-refractivity contribution is 5.84. The first kappa shape index (κ1) is 14.9. The molecule has 0 unspecified atom stereocenters. The SMILES string of the molecule is O=C(O)[C@@H]1C[C@H](O)CN1C(=O)CCn1cnc([N+](=O)[O-])c1. The average Bonchev–Trinajstić information content (AvgIpc) is 3.02. The van der Waals surface area contributed by atoms with Crippen molar-refractivity contribution in [2.24, 2.45) is 0 Å². The van der Waals surface area contributed by atoms with E-state index in [2.05, 4.69) is 4.98 Å². The molecule has 0 radical (unpaired) electrons. The number of carbonyl (C=O) groups excluding carboxylic acids is 1. The summed E-state index contributed by atoms with van der Waals surface area (Å²) in [4.78, 5) is 37.5.